The third-order valence-electron chi connectivity index (χ3n) is 3.44. The zero-order valence-corrected chi connectivity index (χ0v) is 11.9. The van der Waals surface area contributed by atoms with E-state index < -0.39 is 0 Å². The van der Waals surface area contributed by atoms with Crippen molar-refractivity contribution in [1.29, 1.82) is 0 Å². The Balaban J connectivity index is 1.94. The largest absolute Gasteiger partial charge is 0.337 e. The second-order valence-electron chi connectivity index (χ2n) is 4.91. The molecule has 4 nitrogen and oxygen atoms in total. The Kier molecular flexibility index (Phi) is 3.25. The fraction of sp³-hybridized carbons (Fsp3) is 0.385. The fourth-order valence-corrected chi connectivity index (χ4v) is 2.58. The van der Waals surface area contributed by atoms with E-state index >= 15 is 0 Å². The van der Waals surface area contributed by atoms with Crippen molar-refractivity contribution in [1.82, 2.24) is 15.5 Å². The average Bonchev–Trinajstić information content (AvgIpc) is 3.02. The van der Waals surface area contributed by atoms with Gasteiger partial charge in [-0.25, -0.2) is 0 Å². The molecule has 0 spiro atoms. The minimum absolute atomic E-state index is 0.221. The van der Waals surface area contributed by atoms with E-state index in [2.05, 4.69) is 22.4 Å². The first-order valence-corrected chi connectivity index (χ1v) is 6.89. The number of nitrogens with one attached hydrogen (secondary N) is 1. The van der Waals surface area contributed by atoms with Crippen LogP contribution in [0.25, 0.3) is 11.4 Å². The first kappa shape index (κ1) is 12.9. The van der Waals surface area contributed by atoms with Gasteiger partial charge in [-0.1, -0.05) is 28.4 Å². The maximum absolute atomic E-state index is 5.99. The number of nitrogens with zero attached hydrogens (tertiary/aromatic N) is 2. The van der Waals surface area contributed by atoms with Gasteiger partial charge in [0.1, 0.15) is 0 Å². The van der Waals surface area contributed by atoms with Crippen LogP contribution in [0.15, 0.2) is 22.7 Å². The van der Waals surface area contributed by atoms with Gasteiger partial charge < -0.3 is 9.84 Å². The molecule has 3 rings (SSSR count). The fourth-order valence-electron chi connectivity index (χ4n) is 2.28. The van der Waals surface area contributed by atoms with Crippen molar-refractivity contribution < 1.29 is 4.52 Å². The van der Waals surface area contributed by atoms with Gasteiger partial charge in [-0.05, 0) is 44.5 Å². The van der Waals surface area contributed by atoms with Crippen LogP contribution in [0.3, 0.4) is 0 Å². The van der Waals surface area contributed by atoms with Crippen molar-refractivity contribution in [2.24, 2.45) is 0 Å². The third-order valence-corrected chi connectivity index (χ3v) is 4.18. The maximum atomic E-state index is 5.99. The first-order valence-electron chi connectivity index (χ1n) is 6.13. The van der Waals surface area contributed by atoms with E-state index in [0.717, 1.165) is 24.9 Å². The Bertz CT molecular complexity index is 606. The molecule has 1 fully saturated rings. The van der Waals surface area contributed by atoms with E-state index in [1.165, 1.54) is 0 Å². The minimum atomic E-state index is -0.221. The number of hydrogen-bond donors (Lipinski definition) is 1. The van der Waals surface area contributed by atoms with E-state index in [9.17, 15) is 0 Å². The van der Waals surface area contributed by atoms with Gasteiger partial charge in [-0.2, -0.15) is 4.98 Å². The van der Waals surface area contributed by atoms with Gasteiger partial charge in [0, 0.05) is 5.56 Å². The second-order valence-corrected chi connectivity index (χ2v) is 5.73. The molecule has 100 valence electrons. The molecular formula is C13H13Cl2N3O. The standard InChI is InChI=1S/C13H13Cl2N3O/c1-13(5-2-6-16-13)12-17-11(18-19-12)8-3-4-9(14)10(15)7-8/h3-4,7,16H,2,5-6H2,1H3. The van der Waals surface area contributed by atoms with Gasteiger partial charge in [0.2, 0.25) is 11.7 Å². The van der Waals surface area contributed by atoms with Crippen molar-refractivity contribution in [2.45, 2.75) is 25.3 Å². The van der Waals surface area contributed by atoms with Gasteiger partial charge in [-0.15, -0.1) is 0 Å². The number of aromatic nitrogens is 2. The molecule has 1 atom stereocenters. The second kappa shape index (κ2) is 4.78. The Morgan fingerprint density at radius 1 is 1.32 bits per heavy atom. The predicted octanol–water partition coefficient (Wildman–Crippen LogP) is 3.64. The summed E-state index contributed by atoms with van der Waals surface area (Å²) in [6, 6.07) is 5.29. The molecule has 2 heterocycles. The Hall–Kier alpha value is -1.10. The SMILES string of the molecule is CC1(c2nc(-c3ccc(Cl)c(Cl)c3)no2)CCCN1. The van der Waals surface area contributed by atoms with Crippen LogP contribution in [0.2, 0.25) is 10.0 Å². The smallest absolute Gasteiger partial charge is 0.246 e. The lowest BCUT2D eigenvalue weighted by Crippen LogP contribution is -2.33. The van der Waals surface area contributed by atoms with Crippen LogP contribution in [0.4, 0.5) is 0 Å². The number of halogens is 2. The number of hydrogen-bond acceptors (Lipinski definition) is 4. The summed E-state index contributed by atoms with van der Waals surface area (Å²) in [7, 11) is 0. The molecule has 6 heteroatoms. The molecule has 0 amide bonds. The lowest BCUT2D eigenvalue weighted by Gasteiger charge is -2.18. The van der Waals surface area contributed by atoms with Gasteiger partial charge in [0.05, 0.1) is 15.6 Å². The Labute approximate surface area is 121 Å². The summed E-state index contributed by atoms with van der Waals surface area (Å²) in [5.74, 6) is 1.15. The Morgan fingerprint density at radius 2 is 2.16 bits per heavy atom. The van der Waals surface area contributed by atoms with Crippen molar-refractivity contribution in [2.75, 3.05) is 6.54 Å². The van der Waals surface area contributed by atoms with Crippen molar-refractivity contribution >= 4 is 23.2 Å². The molecule has 1 aliphatic heterocycles. The van der Waals surface area contributed by atoms with Gasteiger partial charge >= 0.3 is 0 Å². The highest BCUT2D eigenvalue weighted by atomic mass is 35.5. The topological polar surface area (TPSA) is 51.0 Å². The average molecular weight is 298 g/mol. The maximum Gasteiger partial charge on any atom is 0.246 e. The Morgan fingerprint density at radius 3 is 2.84 bits per heavy atom. The predicted molar refractivity (Wildman–Crippen MR) is 74.3 cm³/mol. The summed E-state index contributed by atoms with van der Waals surface area (Å²) in [6.45, 7) is 3.05. The highest BCUT2D eigenvalue weighted by molar-refractivity contribution is 6.42. The monoisotopic (exact) mass is 297 g/mol. The molecule has 0 saturated carbocycles. The molecule has 1 saturated heterocycles. The van der Waals surface area contributed by atoms with E-state index in [4.69, 9.17) is 27.7 Å². The van der Waals surface area contributed by atoms with Gasteiger partial charge in [-0.3, -0.25) is 0 Å². The normalized spacial score (nSPS) is 22.9. The van der Waals surface area contributed by atoms with Crippen LogP contribution >= 0.6 is 23.2 Å². The lowest BCUT2D eigenvalue weighted by molar-refractivity contribution is 0.275. The van der Waals surface area contributed by atoms with Crippen molar-refractivity contribution in [3.05, 3.63) is 34.1 Å². The first-order chi connectivity index (χ1) is 9.08. The van der Waals surface area contributed by atoms with Crippen LogP contribution in [0, 0.1) is 0 Å². The zero-order chi connectivity index (χ0) is 13.5. The third kappa shape index (κ3) is 2.36. The number of benzene rings is 1. The van der Waals surface area contributed by atoms with Gasteiger partial charge in [0.25, 0.3) is 0 Å². The van der Waals surface area contributed by atoms with Crippen LogP contribution in [0.5, 0.6) is 0 Å². The molecule has 1 aromatic carbocycles. The zero-order valence-electron chi connectivity index (χ0n) is 10.4. The van der Waals surface area contributed by atoms with Crippen LogP contribution < -0.4 is 5.32 Å². The van der Waals surface area contributed by atoms with Crippen molar-refractivity contribution in [3.8, 4) is 11.4 Å². The summed E-state index contributed by atoms with van der Waals surface area (Å²) < 4.78 is 5.38. The summed E-state index contributed by atoms with van der Waals surface area (Å²) in [4.78, 5) is 4.46. The molecule has 1 N–H and O–H groups in total. The van der Waals surface area contributed by atoms with E-state index in [1.807, 2.05) is 6.07 Å². The van der Waals surface area contributed by atoms with Crippen LogP contribution in [0.1, 0.15) is 25.7 Å². The molecule has 1 aromatic heterocycles. The highest BCUT2D eigenvalue weighted by Crippen LogP contribution is 2.31. The van der Waals surface area contributed by atoms with Gasteiger partial charge in [0.15, 0.2) is 0 Å². The van der Waals surface area contributed by atoms with Crippen LogP contribution in [-0.4, -0.2) is 16.7 Å². The lowest BCUT2D eigenvalue weighted by atomic mass is 10.0. The van der Waals surface area contributed by atoms with E-state index in [1.54, 1.807) is 12.1 Å². The molecule has 0 radical (unpaired) electrons. The minimum Gasteiger partial charge on any atom is -0.337 e. The van der Waals surface area contributed by atoms with E-state index in [-0.39, 0.29) is 5.54 Å². The van der Waals surface area contributed by atoms with E-state index in [0.29, 0.717) is 21.8 Å². The quantitative estimate of drug-likeness (QED) is 0.919. The molecular weight excluding hydrogens is 285 g/mol. The molecule has 19 heavy (non-hydrogen) atoms. The highest BCUT2D eigenvalue weighted by Gasteiger charge is 2.35. The number of rotatable bonds is 2. The van der Waals surface area contributed by atoms with Crippen LogP contribution in [-0.2, 0) is 5.54 Å². The summed E-state index contributed by atoms with van der Waals surface area (Å²) in [5, 5.41) is 8.40. The molecule has 2 aromatic rings. The molecule has 1 unspecified atom stereocenters. The molecule has 0 bridgehead atoms. The molecule has 0 aliphatic carbocycles. The summed E-state index contributed by atoms with van der Waals surface area (Å²) in [5.41, 5.74) is 0.576. The summed E-state index contributed by atoms with van der Waals surface area (Å²) >= 11 is 11.9. The van der Waals surface area contributed by atoms with Crippen molar-refractivity contribution in [3.63, 3.8) is 0 Å². The summed E-state index contributed by atoms with van der Waals surface area (Å²) in [6.07, 6.45) is 2.11. The molecule has 1 aliphatic rings.